The van der Waals surface area contributed by atoms with Crippen LogP contribution < -0.4 is 10.1 Å². The summed E-state index contributed by atoms with van der Waals surface area (Å²) < 4.78 is 60.3. The maximum absolute atomic E-state index is 13.9. The average molecular weight is 336 g/mol. The molecular formula is C14H16F4N2O3. The molecule has 0 aliphatic carbocycles. The Morgan fingerprint density at radius 1 is 1.48 bits per heavy atom. The molecule has 2 rings (SSSR count). The van der Waals surface area contributed by atoms with Gasteiger partial charge in [-0.2, -0.15) is 0 Å². The monoisotopic (exact) mass is 336 g/mol. The maximum Gasteiger partial charge on any atom is 0.573 e. The number of amides is 1. The highest BCUT2D eigenvalue weighted by Crippen LogP contribution is 2.29. The minimum absolute atomic E-state index is 0.116. The standard InChI is InChI=1S/C14H16F4N2O3/c1-19-13(21)12-8-20(5-6-22-12)7-9-10(15)3-2-4-11(9)23-14(16,17)18/h2-4,12H,5-8H2,1H3,(H,19,21). The van der Waals surface area contributed by atoms with Gasteiger partial charge in [0.2, 0.25) is 5.91 Å². The number of nitrogens with zero attached hydrogens (tertiary/aromatic N) is 1. The third kappa shape index (κ3) is 4.80. The van der Waals surface area contributed by atoms with E-state index in [4.69, 9.17) is 4.74 Å². The van der Waals surface area contributed by atoms with Crippen molar-refractivity contribution < 1.29 is 31.8 Å². The number of likely N-dealkylation sites (N-methyl/N-ethyl adjacent to an activating group) is 1. The Bertz CT molecular complexity index is 565. The van der Waals surface area contributed by atoms with E-state index in [0.29, 0.717) is 6.54 Å². The Labute approximate surface area is 130 Å². The molecule has 1 amide bonds. The van der Waals surface area contributed by atoms with E-state index in [9.17, 15) is 22.4 Å². The molecule has 23 heavy (non-hydrogen) atoms. The SMILES string of the molecule is CNC(=O)C1CN(Cc2c(F)cccc2OC(F)(F)F)CCO1. The number of alkyl halides is 3. The van der Waals surface area contributed by atoms with Crippen molar-refractivity contribution in [2.45, 2.75) is 19.0 Å². The lowest BCUT2D eigenvalue weighted by molar-refractivity contribution is -0.275. The van der Waals surface area contributed by atoms with Crippen LogP contribution in [0.5, 0.6) is 5.75 Å². The zero-order chi connectivity index (χ0) is 17.0. The number of halogens is 4. The van der Waals surface area contributed by atoms with Crippen LogP contribution in [0.2, 0.25) is 0 Å². The van der Waals surface area contributed by atoms with Crippen LogP contribution in [0.4, 0.5) is 17.6 Å². The zero-order valence-electron chi connectivity index (χ0n) is 12.3. The van der Waals surface area contributed by atoms with Crippen LogP contribution in [-0.4, -0.2) is 50.0 Å². The van der Waals surface area contributed by atoms with E-state index in [0.717, 1.165) is 18.2 Å². The number of hydrogen-bond acceptors (Lipinski definition) is 4. The van der Waals surface area contributed by atoms with Gasteiger partial charge >= 0.3 is 6.36 Å². The van der Waals surface area contributed by atoms with Gasteiger partial charge in [0, 0.05) is 32.2 Å². The summed E-state index contributed by atoms with van der Waals surface area (Å²) in [6.45, 7) is 0.629. The minimum atomic E-state index is -4.90. The van der Waals surface area contributed by atoms with E-state index in [-0.39, 0.29) is 31.2 Å². The Balaban J connectivity index is 2.14. The fourth-order valence-electron chi connectivity index (χ4n) is 2.30. The predicted molar refractivity (Wildman–Crippen MR) is 72.2 cm³/mol. The Morgan fingerprint density at radius 3 is 2.87 bits per heavy atom. The first-order chi connectivity index (χ1) is 10.8. The number of morpholine rings is 1. The quantitative estimate of drug-likeness (QED) is 0.850. The highest BCUT2D eigenvalue weighted by molar-refractivity contribution is 5.80. The van der Waals surface area contributed by atoms with Gasteiger partial charge in [0.15, 0.2) is 0 Å². The molecule has 1 heterocycles. The van der Waals surface area contributed by atoms with Gasteiger partial charge in [0.25, 0.3) is 0 Å². The molecule has 1 aliphatic rings. The van der Waals surface area contributed by atoms with Gasteiger partial charge in [0.1, 0.15) is 17.7 Å². The lowest BCUT2D eigenvalue weighted by Crippen LogP contribution is -2.48. The summed E-state index contributed by atoms with van der Waals surface area (Å²) in [6, 6.07) is 3.27. The third-order valence-electron chi connectivity index (χ3n) is 3.37. The molecule has 1 N–H and O–H groups in total. The first kappa shape index (κ1) is 17.5. The van der Waals surface area contributed by atoms with Crippen molar-refractivity contribution in [3.63, 3.8) is 0 Å². The van der Waals surface area contributed by atoms with Crippen LogP contribution in [0.3, 0.4) is 0 Å². The molecule has 9 heteroatoms. The summed E-state index contributed by atoms with van der Waals surface area (Å²) in [5.41, 5.74) is -0.206. The van der Waals surface area contributed by atoms with E-state index >= 15 is 0 Å². The number of ether oxygens (including phenoxy) is 2. The van der Waals surface area contributed by atoms with E-state index in [1.807, 2.05) is 0 Å². The van der Waals surface area contributed by atoms with E-state index < -0.39 is 24.0 Å². The van der Waals surface area contributed by atoms with Gasteiger partial charge in [-0.1, -0.05) is 6.07 Å². The van der Waals surface area contributed by atoms with Gasteiger partial charge in [-0.3, -0.25) is 9.69 Å². The summed E-state index contributed by atoms with van der Waals surface area (Å²) in [5, 5.41) is 2.43. The van der Waals surface area contributed by atoms with Crippen molar-refractivity contribution in [2.75, 3.05) is 26.7 Å². The molecule has 1 aromatic carbocycles. The summed E-state index contributed by atoms with van der Waals surface area (Å²) in [4.78, 5) is 13.2. The fourth-order valence-corrected chi connectivity index (χ4v) is 2.30. The predicted octanol–water partition coefficient (Wildman–Crippen LogP) is 1.67. The largest absolute Gasteiger partial charge is 0.573 e. The number of hydrogen-bond donors (Lipinski definition) is 1. The van der Waals surface area contributed by atoms with Crippen molar-refractivity contribution in [2.24, 2.45) is 0 Å². The van der Waals surface area contributed by atoms with Crippen molar-refractivity contribution in [3.8, 4) is 5.75 Å². The van der Waals surface area contributed by atoms with Crippen molar-refractivity contribution in [1.82, 2.24) is 10.2 Å². The van der Waals surface area contributed by atoms with Crippen LogP contribution >= 0.6 is 0 Å². The van der Waals surface area contributed by atoms with Gasteiger partial charge in [-0.25, -0.2) is 4.39 Å². The van der Waals surface area contributed by atoms with Crippen molar-refractivity contribution >= 4 is 5.91 Å². The topological polar surface area (TPSA) is 50.8 Å². The highest BCUT2D eigenvalue weighted by atomic mass is 19.4. The first-order valence-corrected chi connectivity index (χ1v) is 6.89. The second-order valence-corrected chi connectivity index (χ2v) is 4.97. The van der Waals surface area contributed by atoms with Gasteiger partial charge < -0.3 is 14.8 Å². The van der Waals surface area contributed by atoms with Gasteiger partial charge in [-0.15, -0.1) is 13.2 Å². The van der Waals surface area contributed by atoms with Crippen molar-refractivity contribution in [3.05, 3.63) is 29.6 Å². The second kappa shape index (κ2) is 7.14. The normalized spacial score (nSPS) is 19.4. The molecule has 5 nitrogen and oxygen atoms in total. The fraction of sp³-hybridized carbons (Fsp3) is 0.500. The molecule has 1 saturated heterocycles. The van der Waals surface area contributed by atoms with Gasteiger partial charge in [0.05, 0.1) is 6.61 Å². The highest BCUT2D eigenvalue weighted by Gasteiger charge is 2.33. The Kier molecular flexibility index (Phi) is 5.42. The second-order valence-electron chi connectivity index (χ2n) is 4.97. The molecule has 0 bridgehead atoms. The average Bonchev–Trinajstić information content (AvgIpc) is 2.49. The summed E-state index contributed by atoms with van der Waals surface area (Å²) in [7, 11) is 1.46. The van der Waals surface area contributed by atoms with Gasteiger partial charge in [-0.05, 0) is 12.1 Å². The maximum atomic E-state index is 13.9. The van der Waals surface area contributed by atoms with Crippen LogP contribution in [0, 0.1) is 5.82 Å². The zero-order valence-corrected chi connectivity index (χ0v) is 12.3. The Hall–Kier alpha value is -1.87. The molecule has 1 atom stereocenters. The number of benzene rings is 1. The molecule has 0 radical (unpaired) electrons. The molecule has 0 spiro atoms. The number of carbonyl (C=O) groups is 1. The van der Waals surface area contributed by atoms with Crippen LogP contribution in [0.25, 0.3) is 0 Å². The minimum Gasteiger partial charge on any atom is -0.405 e. The van der Waals surface area contributed by atoms with Crippen LogP contribution in [-0.2, 0) is 16.1 Å². The summed E-state index contributed by atoms with van der Waals surface area (Å²) in [5.74, 6) is -1.72. The molecule has 1 aromatic rings. The number of carbonyl (C=O) groups excluding carboxylic acids is 1. The van der Waals surface area contributed by atoms with Crippen LogP contribution in [0.15, 0.2) is 18.2 Å². The lowest BCUT2D eigenvalue weighted by Gasteiger charge is -2.32. The van der Waals surface area contributed by atoms with E-state index in [1.54, 1.807) is 4.90 Å². The summed E-state index contributed by atoms with van der Waals surface area (Å²) >= 11 is 0. The van der Waals surface area contributed by atoms with E-state index in [1.165, 1.54) is 7.05 Å². The number of nitrogens with one attached hydrogen (secondary N) is 1. The van der Waals surface area contributed by atoms with Crippen molar-refractivity contribution in [1.29, 1.82) is 0 Å². The van der Waals surface area contributed by atoms with E-state index in [2.05, 4.69) is 10.1 Å². The molecule has 1 fully saturated rings. The lowest BCUT2D eigenvalue weighted by atomic mass is 10.1. The molecule has 128 valence electrons. The Morgan fingerprint density at radius 2 is 2.22 bits per heavy atom. The molecule has 1 aliphatic heterocycles. The molecule has 0 aromatic heterocycles. The van der Waals surface area contributed by atoms with Crippen LogP contribution in [0.1, 0.15) is 5.56 Å². The third-order valence-corrected chi connectivity index (χ3v) is 3.37. The molecule has 0 saturated carbocycles. The molecular weight excluding hydrogens is 320 g/mol. The number of rotatable bonds is 4. The first-order valence-electron chi connectivity index (χ1n) is 6.89. The smallest absolute Gasteiger partial charge is 0.405 e. The summed E-state index contributed by atoms with van der Waals surface area (Å²) in [6.07, 6.45) is -5.65. The molecule has 1 unspecified atom stereocenters.